The van der Waals surface area contributed by atoms with Crippen LogP contribution in [0.3, 0.4) is 0 Å². The third-order valence-corrected chi connectivity index (χ3v) is 3.64. The zero-order chi connectivity index (χ0) is 14.4. The summed E-state index contributed by atoms with van der Waals surface area (Å²) in [7, 11) is 0. The van der Waals surface area contributed by atoms with Gasteiger partial charge in [0, 0.05) is 12.1 Å². The molecule has 2 atom stereocenters. The molecule has 0 aromatic heterocycles. The van der Waals surface area contributed by atoms with Crippen LogP contribution in [0.1, 0.15) is 37.4 Å². The molecule has 0 amide bonds. The van der Waals surface area contributed by atoms with Crippen LogP contribution in [0.15, 0.2) is 54.6 Å². The average Bonchev–Trinajstić information content (AvgIpc) is 2.47. The zero-order valence-electron chi connectivity index (χ0n) is 12.2. The van der Waals surface area contributed by atoms with Crippen molar-refractivity contribution in [2.24, 2.45) is 0 Å². The lowest BCUT2D eigenvalue weighted by atomic mass is 10.0. The van der Waals surface area contributed by atoms with Gasteiger partial charge >= 0.3 is 0 Å². The van der Waals surface area contributed by atoms with Crippen molar-refractivity contribution in [3.8, 4) is 5.75 Å². The van der Waals surface area contributed by atoms with Crippen LogP contribution in [0.4, 0.5) is 0 Å². The summed E-state index contributed by atoms with van der Waals surface area (Å²) in [5.74, 6) is 0.318. The zero-order valence-corrected chi connectivity index (χ0v) is 12.2. The molecule has 0 aliphatic carbocycles. The lowest BCUT2D eigenvalue weighted by molar-refractivity contribution is 0.454. The maximum Gasteiger partial charge on any atom is 0.115 e. The number of phenols is 1. The van der Waals surface area contributed by atoms with E-state index in [0.29, 0.717) is 17.8 Å². The second-order valence-electron chi connectivity index (χ2n) is 5.41. The Balaban J connectivity index is 1.82. The van der Waals surface area contributed by atoms with Crippen molar-refractivity contribution in [2.45, 2.75) is 38.8 Å². The van der Waals surface area contributed by atoms with Crippen LogP contribution < -0.4 is 5.32 Å². The average molecular weight is 269 g/mol. The molecule has 0 bridgehead atoms. The summed E-state index contributed by atoms with van der Waals surface area (Å²) < 4.78 is 0. The number of phenolic OH excluding ortho intramolecular Hbond substituents is 1. The lowest BCUT2D eigenvalue weighted by Crippen LogP contribution is -2.29. The Morgan fingerprint density at radius 3 is 2.25 bits per heavy atom. The second-order valence-corrected chi connectivity index (χ2v) is 5.41. The monoisotopic (exact) mass is 269 g/mol. The second kappa shape index (κ2) is 7.11. The highest BCUT2D eigenvalue weighted by Crippen LogP contribution is 2.17. The Hall–Kier alpha value is -1.80. The molecule has 2 aromatic carbocycles. The fraction of sp³-hybridized carbons (Fsp3) is 0.333. The molecule has 0 saturated heterocycles. The maximum absolute atomic E-state index is 9.31. The highest BCUT2D eigenvalue weighted by Gasteiger charge is 2.09. The molecule has 2 N–H and O–H groups in total. The lowest BCUT2D eigenvalue weighted by Gasteiger charge is -2.20. The van der Waals surface area contributed by atoms with Crippen LogP contribution in [0, 0.1) is 0 Å². The summed E-state index contributed by atoms with van der Waals surface area (Å²) >= 11 is 0. The van der Waals surface area contributed by atoms with Crippen LogP contribution >= 0.6 is 0 Å². The minimum Gasteiger partial charge on any atom is -0.508 e. The number of nitrogens with one attached hydrogen (secondary N) is 1. The molecule has 0 saturated carbocycles. The molecule has 2 heteroatoms. The molecule has 106 valence electrons. The summed E-state index contributed by atoms with van der Waals surface area (Å²) in [4.78, 5) is 0. The fourth-order valence-electron chi connectivity index (χ4n) is 2.40. The molecule has 0 spiro atoms. The van der Waals surface area contributed by atoms with E-state index in [9.17, 15) is 5.11 Å². The van der Waals surface area contributed by atoms with Gasteiger partial charge in [-0.3, -0.25) is 0 Å². The molecule has 2 rings (SSSR count). The Morgan fingerprint density at radius 2 is 1.60 bits per heavy atom. The van der Waals surface area contributed by atoms with Crippen molar-refractivity contribution < 1.29 is 5.11 Å². The summed E-state index contributed by atoms with van der Waals surface area (Å²) in [6.45, 7) is 4.38. The van der Waals surface area contributed by atoms with E-state index in [1.165, 1.54) is 11.1 Å². The molecule has 0 aliphatic heterocycles. The molecule has 2 unspecified atom stereocenters. The number of rotatable bonds is 6. The van der Waals surface area contributed by atoms with Gasteiger partial charge in [0.1, 0.15) is 5.75 Å². The molecule has 0 radical (unpaired) electrons. The normalized spacial score (nSPS) is 13.9. The van der Waals surface area contributed by atoms with Gasteiger partial charge in [0.25, 0.3) is 0 Å². The van der Waals surface area contributed by atoms with E-state index >= 15 is 0 Å². The van der Waals surface area contributed by atoms with Gasteiger partial charge in [-0.1, -0.05) is 42.5 Å². The maximum atomic E-state index is 9.31. The van der Waals surface area contributed by atoms with Crippen molar-refractivity contribution in [1.29, 1.82) is 0 Å². The first kappa shape index (κ1) is 14.6. The third-order valence-electron chi connectivity index (χ3n) is 3.64. The van der Waals surface area contributed by atoms with Crippen LogP contribution in [-0.4, -0.2) is 11.1 Å². The van der Waals surface area contributed by atoms with Gasteiger partial charge in [-0.15, -0.1) is 0 Å². The van der Waals surface area contributed by atoms with E-state index in [1.807, 2.05) is 12.1 Å². The highest BCUT2D eigenvalue weighted by atomic mass is 16.3. The van der Waals surface area contributed by atoms with Gasteiger partial charge in [0.05, 0.1) is 0 Å². The minimum atomic E-state index is 0.293. The summed E-state index contributed by atoms with van der Waals surface area (Å²) in [6.07, 6.45) is 2.21. The SMILES string of the molecule is CC(CCc1ccccc1)NC(C)c1ccc(O)cc1. The Bertz CT molecular complexity index is 507. The van der Waals surface area contributed by atoms with E-state index in [1.54, 1.807) is 12.1 Å². The number of aromatic hydroxyl groups is 1. The molecular formula is C18H23NO. The number of hydrogen-bond acceptors (Lipinski definition) is 2. The van der Waals surface area contributed by atoms with Crippen LogP contribution in [0.25, 0.3) is 0 Å². The molecule has 2 aromatic rings. The van der Waals surface area contributed by atoms with E-state index < -0.39 is 0 Å². The molecule has 20 heavy (non-hydrogen) atoms. The van der Waals surface area contributed by atoms with Gasteiger partial charge in [-0.25, -0.2) is 0 Å². The first-order chi connectivity index (χ1) is 9.65. The van der Waals surface area contributed by atoms with Crippen molar-refractivity contribution >= 4 is 0 Å². The van der Waals surface area contributed by atoms with Crippen LogP contribution in [0.5, 0.6) is 5.75 Å². The van der Waals surface area contributed by atoms with Crippen molar-refractivity contribution in [2.75, 3.05) is 0 Å². The molecule has 0 aliphatic rings. The number of benzene rings is 2. The summed E-state index contributed by atoms with van der Waals surface area (Å²) in [5, 5.41) is 12.9. The fourth-order valence-corrected chi connectivity index (χ4v) is 2.40. The largest absolute Gasteiger partial charge is 0.508 e. The Kier molecular flexibility index (Phi) is 5.19. The molecule has 0 fully saturated rings. The van der Waals surface area contributed by atoms with E-state index in [0.717, 1.165) is 12.8 Å². The smallest absolute Gasteiger partial charge is 0.115 e. The standard InChI is InChI=1S/C18H23NO/c1-14(8-9-16-6-4-3-5-7-16)19-15(2)17-10-12-18(20)13-11-17/h3-7,10-15,19-20H,8-9H2,1-2H3. The number of aryl methyl sites for hydroxylation is 1. The molecular weight excluding hydrogens is 246 g/mol. The van der Waals surface area contributed by atoms with E-state index in [4.69, 9.17) is 0 Å². The summed E-state index contributed by atoms with van der Waals surface area (Å²) in [5.41, 5.74) is 2.59. The summed E-state index contributed by atoms with van der Waals surface area (Å²) in [6, 6.07) is 18.8. The van der Waals surface area contributed by atoms with Gasteiger partial charge in [-0.05, 0) is 49.9 Å². The first-order valence-corrected chi connectivity index (χ1v) is 7.24. The first-order valence-electron chi connectivity index (χ1n) is 7.24. The van der Waals surface area contributed by atoms with Gasteiger partial charge < -0.3 is 10.4 Å². The molecule has 0 heterocycles. The van der Waals surface area contributed by atoms with E-state index in [-0.39, 0.29) is 0 Å². The van der Waals surface area contributed by atoms with Crippen molar-refractivity contribution in [1.82, 2.24) is 5.32 Å². The predicted molar refractivity (Wildman–Crippen MR) is 83.9 cm³/mol. The topological polar surface area (TPSA) is 32.3 Å². The van der Waals surface area contributed by atoms with Gasteiger partial charge in [-0.2, -0.15) is 0 Å². The van der Waals surface area contributed by atoms with Crippen molar-refractivity contribution in [3.05, 3.63) is 65.7 Å². The minimum absolute atomic E-state index is 0.293. The molecule has 2 nitrogen and oxygen atoms in total. The van der Waals surface area contributed by atoms with Crippen LogP contribution in [-0.2, 0) is 6.42 Å². The quantitative estimate of drug-likeness (QED) is 0.828. The van der Waals surface area contributed by atoms with Crippen molar-refractivity contribution in [3.63, 3.8) is 0 Å². The number of hydrogen-bond donors (Lipinski definition) is 2. The predicted octanol–water partition coefficient (Wildman–Crippen LogP) is 4.06. The van der Waals surface area contributed by atoms with Crippen LogP contribution in [0.2, 0.25) is 0 Å². The Labute approximate surface area is 121 Å². The highest BCUT2D eigenvalue weighted by molar-refractivity contribution is 5.27. The van der Waals surface area contributed by atoms with Gasteiger partial charge in [0.15, 0.2) is 0 Å². The third kappa shape index (κ3) is 4.39. The van der Waals surface area contributed by atoms with E-state index in [2.05, 4.69) is 49.5 Å². The Morgan fingerprint density at radius 1 is 0.950 bits per heavy atom. The van der Waals surface area contributed by atoms with Gasteiger partial charge in [0.2, 0.25) is 0 Å².